The number of rotatable bonds is 1. The smallest absolute Gasteiger partial charge is 0.332 e. The molecule has 4 nitrogen and oxygen atoms in total. The van der Waals surface area contributed by atoms with E-state index in [0.29, 0.717) is 12.8 Å². The number of fused-ring (bicyclic) bond motifs is 2. The van der Waals surface area contributed by atoms with E-state index in [-0.39, 0.29) is 23.4 Å². The minimum atomic E-state index is -0.952. The minimum Gasteiger partial charge on any atom is -0.478 e. The van der Waals surface area contributed by atoms with E-state index >= 15 is 0 Å². The Morgan fingerprint density at radius 1 is 1.69 bits per heavy atom. The molecule has 1 amide bonds. The number of carboxylic acid groups (broad SMARTS) is 1. The summed E-state index contributed by atoms with van der Waals surface area (Å²) in [6.07, 6.45) is 3.04. The maximum Gasteiger partial charge on any atom is 0.332 e. The van der Waals surface area contributed by atoms with Crippen LogP contribution in [0.1, 0.15) is 12.8 Å². The predicted octanol–water partition coefficient (Wildman–Crippen LogP) is 0.248. The van der Waals surface area contributed by atoms with Gasteiger partial charge in [-0.25, -0.2) is 4.79 Å². The van der Waals surface area contributed by atoms with Crippen LogP contribution >= 0.6 is 0 Å². The normalized spacial score (nSPS) is 31.9. The van der Waals surface area contributed by atoms with Crippen molar-refractivity contribution in [2.75, 3.05) is 7.05 Å². The van der Waals surface area contributed by atoms with Crippen LogP contribution in [0.5, 0.6) is 0 Å². The highest BCUT2D eigenvalue weighted by atomic mass is 16.4. The Hall–Kier alpha value is -1.32. The van der Waals surface area contributed by atoms with Gasteiger partial charge >= 0.3 is 5.97 Å². The molecule has 0 aromatic carbocycles. The fourth-order valence-corrected chi connectivity index (χ4v) is 2.11. The second-order valence-corrected chi connectivity index (χ2v) is 3.59. The van der Waals surface area contributed by atoms with Gasteiger partial charge in [0.15, 0.2) is 0 Å². The van der Waals surface area contributed by atoms with E-state index in [1.54, 1.807) is 18.0 Å². The van der Waals surface area contributed by atoms with Gasteiger partial charge in [-0.05, 0) is 12.8 Å². The summed E-state index contributed by atoms with van der Waals surface area (Å²) in [7, 11) is 1.74. The van der Waals surface area contributed by atoms with Gasteiger partial charge in [-0.1, -0.05) is 6.08 Å². The van der Waals surface area contributed by atoms with E-state index < -0.39 is 5.97 Å². The fraction of sp³-hybridized carbons (Fsp3) is 0.556. The highest BCUT2D eigenvalue weighted by molar-refractivity contribution is 5.97. The molecule has 13 heavy (non-hydrogen) atoms. The van der Waals surface area contributed by atoms with E-state index in [1.807, 2.05) is 0 Å². The van der Waals surface area contributed by atoms with Crippen molar-refractivity contribution >= 4 is 11.9 Å². The van der Waals surface area contributed by atoms with Gasteiger partial charge in [0, 0.05) is 18.7 Å². The summed E-state index contributed by atoms with van der Waals surface area (Å²) >= 11 is 0. The number of likely N-dealkylation sites (tertiary alicyclic amines) is 1. The van der Waals surface area contributed by atoms with Gasteiger partial charge in [0.25, 0.3) is 0 Å². The highest BCUT2D eigenvalue weighted by Crippen LogP contribution is 2.35. The third-order valence-corrected chi connectivity index (χ3v) is 2.93. The average molecular weight is 181 g/mol. The van der Waals surface area contributed by atoms with Gasteiger partial charge < -0.3 is 10.0 Å². The Kier molecular flexibility index (Phi) is 1.65. The van der Waals surface area contributed by atoms with Gasteiger partial charge in [0.1, 0.15) is 0 Å². The summed E-state index contributed by atoms with van der Waals surface area (Å²) in [6.45, 7) is 0. The molecule has 0 aromatic rings. The monoisotopic (exact) mass is 181 g/mol. The molecule has 1 saturated heterocycles. The molecule has 2 rings (SSSR count). The first-order valence-electron chi connectivity index (χ1n) is 4.31. The van der Waals surface area contributed by atoms with Crippen LogP contribution in [0, 0.1) is 5.92 Å². The molecule has 2 bridgehead atoms. The summed E-state index contributed by atoms with van der Waals surface area (Å²) in [5.41, 5.74) is 0.283. The Morgan fingerprint density at radius 2 is 2.38 bits per heavy atom. The average Bonchev–Trinajstić information content (AvgIpc) is 2.32. The minimum absolute atomic E-state index is 0.0452. The second kappa shape index (κ2) is 2.58. The number of carbonyl (C=O) groups excluding carboxylic acids is 1. The standard InChI is InChI=1S/C9H11NO3/c1-10-5-2-3-6(9(12)13)7(4-5)8(10)11/h3,5,7H,2,4H2,1H3,(H,12,13). The summed E-state index contributed by atoms with van der Waals surface area (Å²) in [4.78, 5) is 23.9. The van der Waals surface area contributed by atoms with Gasteiger partial charge in [-0.2, -0.15) is 0 Å². The van der Waals surface area contributed by atoms with Crippen molar-refractivity contribution in [3.63, 3.8) is 0 Å². The summed E-state index contributed by atoms with van der Waals surface area (Å²) < 4.78 is 0. The molecule has 1 aliphatic heterocycles. The Balaban J connectivity index is 2.33. The van der Waals surface area contributed by atoms with Crippen LogP contribution in [-0.2, 0) is 9.59 Å². The molecule has 2 aliphatic rings. The molecule has 1 fully saturated rings. The third kappa shape index (κ3) is 1.05. The SMILES string of the molecule is CN1C(=O)C2CC1CC=C2C(=O)O. The Labute approximate surface area is 75.8 Å². The summed E-state index contributed by atoms with van der Waals surface area (Å²) in [5.74, 6) is -1.38. The van der Waals surface area contributed by atoms with E-state index in [0.717, 1.165) is 0 Å². The first kappa shape index (κ1) is 8.29. The number of aliphatic carboxylic acids is 1. The number of hydrogen-bond acceptors (Lipinski definition) is 2. The zero-order valence-electron chi connectivity index (χ0n) is 7.36. The fourth-order valence-electron chi connectivity index (χ4n) is 2.11. The van der Waals surface area contributed by atoms with E-state index in [1.165, 1.54) is 0 Å². The van der Waals surface area contributed by atoms with Gasteiger partial charge in [0.05, 0.1) is 5.92 Å². The number of hydrogen-bond donors (Lipinski definition) is 1. The molecule has 4 heteroatoms. The molecule has 1 N–H and O–H groups in total. The van der Waals surface area contributed by atoms with Crippen LogP contribution in [0.4, 0.5) is 0 Å². The molecule has 2 atom stereocenters. The lowest BCUT2D eigenvalue weighted by Crippen LogP contribution is -2.28. The predicted molar refractivity (Wildman–Crippen MR) is 45.0 cm³/mol. The van der Waals surface area contributed by atoms with Crippen LogP contribution in [0.15, 0.2) is 11.6 Å². The molecule has 0 saturated carbocycles. The first-order chi connectivity index (χ1) is 6.11. The first-order valence-corrected chi connectivity index (χ1v) is 4.31. The highest BCUT2D eigenvalue weighted by Gasteiger charge is 2.43. The number of carbonyl (C=O) groups is 2. The zero-order valence-corrected chi connectivity index (χ0v) is 7.36. The van der Waals surface area contributed by atoms with Crippen LogP contribution < -0.4 is 0 Å². The summed E-state index contributed by atoms with van der Waals surface area (Å²) in [6, 6.07) is 0.223. The number of carboxylic acids is 1. The topological polar surface area (TPSA) is 57.6 Å². The van der Waals surface area contributed by atoms with Crippen LogP contribution in [0.2, 0.25) is 0 Å². The zero-order chi connectivity index (χ0) is 9.59. The lowest BCUT2D eigenvalue weighted by atomic mass is 9.89. The molecule has 1 heterocycles. The molecular weight excluding hydrogens is 170 g/mol. The van der Waals surface area contributed by atoms with Gasteiger partial charge in [-0.3, -0.25) is 4.79 Å². The second-order valence-electron chi connectivity index (χ2n) is 3.59. The quantitative estimate of drug-likeness (QED) is 0.630. The van der Waals surface area contributed by atoms with Crippen molar-refractivity contribution in [2.24, 2.45) is 5.92 Å². The van der Waals surface area contributed by atoms with E-state index in [2.05, 4.69) is 0 Å². The van der Waals surface area contributed by atoms with Gasteiger partial charge in [-0.15, -0.1) is 0 Å². The van der Waals surface area contributed by atoms with E-state index in [4.69, 9.17) is 5.11 Å². The van der Waals surface area contributed by atoms with Crippen molar-refractivity contribution in [2.45, 2.75) is 18.9 Å². The molecule has 0 aromatic heterocycles. The Bertz CT molecular complexity index is 308. The van der Waals surface area contributed by atoms with E-state index in [9.17, 15) is 9.59 Å². The van der Waals surface area contributed by atoms with Crippen molar-refractivity contribution in [1.29, 1.82) is 0 Å². The van der Waals surface area contributed by atoms with Crippen LogP contribution in [0.3, 0.4) is 0 Å². The maximum absolute atomic E-state index is 11.5. The van der Waals surface area contributed by atoms with Crippen molar-refractivity contribution < 1.29 is 14.7 Å². The third-order valence-electron chi connectivity index (χ3n) is 2.93. The lowest BCUT2D eigenvalue weighted by Gasteiger charge is -2.18. The molecule has 0 spiro atoms. The molecule has 0 radical (unpaired) electrons. The lowest BCUT2D eigenvalue weighted by molar-refractivity contribution is -0.136. The largest absolute Gasteiger partial charge is 0.478 e. The molecule has 70 valence electrons. The van der Waals surface area contributed by atoms with Crippen molar-refractivity contribution in [3.05, 3.63) is 11.6 Å². The molecular formula is C9H11NO3. The van der Waals surface area contributed by atoms with Crippen LogP contribution in [0.25, 0.3) is 0 Å². The molecule has 1 aliphatic carbocycles. The Morgan fingerprint density at radius 3 is 3.00 bits per heavy atom. The number of nitrogens with zero attached hydrogens (tertiary/aromatic N) is 1. The maximum atomic E-state index is 11.5. The van der Waals surface area contributed by atoms with Crippen molar-refractivity contribution in [3.8, 4) is 0 Å². The van der Waals surface area contributed by atoms with Crippen molar-refractivity contribution in [1.82, 2.24) is 4.90 Å². The summed E-state index contributed by atoms with van der Waals surface area (Å²) in [5, 5.41) is 8.82. The molecule has 2 unspecified atom stereocenters. The van der Waals surface area contributed by atoms with Crippen LogP contribution in [-0.4, -0.2) is 35.0 Å². The number of amides is 1. The van der Waals surface area contributed by atoms with Gasteiger partial charge in [0.2, 0.25) is 5.91 Å².